The monoisotopic (exact) mass is 237 g/mol. The summed E-state index contributed by atoms with van der Waals surface area (Å²) in [6.45, 7) is 2.16. The SMILES string of the molecule is CC1CCCc2nc(-c3ccc(Cl)o3)nn21. The van der Waals surface area contributed by atoms with Crippen LogP contribution in [-0.2, 0) is 6.42 Å². The Morgan fingerprint density at radius 1 is 1.50 bits per heavy atom. The van der Waals surface area contributed by atoms with Crippen LogP contribution in [0.5, 0.6) is 0 Å². The van der Waals surface area contributed by atoms with Crippen molar-refractivity contribution in [3.8, 4) is 11.6 Å². The van der Waals surface area contributed by atoms with Gasteiger partial charge in [0.1, 0.15) is 5.82 Å². The van der Waals surface area contributed by atoms with Crippen LogP contribution in [-0.4, -0.2) is 14.8 Å². The maximum atomic E-state index is 5.74. The lowest BCUT2D eigenvalue weighted by molar-refractivity contribution is 0.388. The van der Waals surface area contributed by atoms with E-state index in [1.165, 1.54) is 6.42 Å². The number of halogens is 1. The Morgan fingerprint density at radius 2 is 2.38 bits per heavy atom. The van der Waals surface area contributed by atoms with E-state index in [1.54, 1.807) is 12.1 Å². The summed E-state index contributed by atoms with van der Waals surface area (Å²) in [6.07, 6.45) is 3.33. The molecule has 2 aromatic rings. The van der Waals surface area contributed by atoms with Crippen molar-refractivity contribution < 1.29 is 4.42 Å². The molecule has 0 spiro atoms. The molecule has 5 heteroatoms. The highest BCUT2D eigenvalue weighted by Crippen LogP contribution is 2.27. The fourth-order valence-electron chi connectivity index (χ4n) is 2.10. The van der Waals surface area contributed by atoms with Gasteiger partial charge in [0.25, 0.3) is 0 Å². The van der Waals surface area contributed by atoms with E-state index >= 15 is 0 Å². The van der Waals surface area contributed by atoms with Crippen LogP contribution < -0.4 is 0 Å². The van der Waals surface area contributed by atoms with E-state index in [2.05, 4.69) is 17.0 Å². The Hall–Kier alpha value is -1.29. The summed E-state index contributed by atoms with van der Waals surface area (Å²) in [4.78, 5) is 4.48. The molecule has 3 heterocycles. The summed E-state index contributed by atoms with van der Waals surface area (Å²) in [7, 11) is 0. The van der Waals surface area contributed by atoms with Crippen LogP contribution in [0.4, 0.5) is 0 Å². The number of fused-ring (bicyclic) bond motifs is 1. The molecule has 16 heavy (non-hydrogen) atoms. The summed E-state index contributed by atoms with van der Waals surface area (Å²) < 4.78 is 7.30. The van der Waals surface area contributed by atoms with Crippen LogP contribution in [0.3, 0.4) is 0 Å². The predicted molar refractivity (Wildman–Crippen MR) is 60.4 cm³/mol. The maximum absolute atomic E-state index is 5.74. The molecule has 1 atom stereocenters. The van der Waals surface area contributed by atoms with Gasteiger partial charge in [-0.3, -0.25) is 0 Å². The molecule has 0 fully saturated rings. The summed E-state index contributed by atoms with van der Waals surface area (Å²) in [5.74, 6) is 2.32. The van der Waals surface area contributed by atoms with Gasteiger partial charge in [-0.1, -0.05) is 0 Å². The number of furan rings is 1. The zero-order valence-electron chi connectivity index (χ0n) is 8.98. The molecule has 0 radical (unpaired) electrons. The van der Waals surface area contributed by atoms with Gasteiger partial charge in [-0.25, -0.2) is 9.67 Å². The average Bonchev–Trinajstić information content (AvgIpc) is 2.84. The number of hydrogen-bond donors (Lipinski definition) is 0. The molecular formula is C11H12ClN3O. The van der Waals surface area contributed by atoms with E-state index in [-0.39, 0.29) is 0 Å². The lowest BCUT2D eigenvalue weighted by Gasteiger charge is -2.18. The van der Waals surface area contributed by atoms with Gasteiger partial charge < -0.3 is 4.42 Å². The van der Waals surface area contributed by atoms with Crippen LogP contribution >= 0.6 is 11.6 Å². The molecular weight excluding hydrogens is 226 g/mol. The molecule has 0 saturated heterocycles. The Balaban J connectivity index is 2.04. The van der Waals surface area contributed by atoms with Crippen molar-refractivity contribution in [1.82, 2.24) is 14.8 Å². The second-order valence-electron chi connectivity index (χ2n) is 4.14. The van der Waals surface area contributed by atoms with Gasteiger partial charge in [0, 0.05) is 6.42 Å². The van der Waals surface area contributed by atoms with Crippen LogP contribution in [0, 0.1) is 0 Å². The van der Waals surface area contributed by atoms with Crippen molar-refractivity contribution in [2.75, 3.05) is 0 Å². The number of rotatable bonds is 1. The zero-order chi connectivity index (χ0) is 11.1. The molecule has 2 aromatic heterocycles. The van der Waals surface area contributed by atoms with E-state index in [1.807, 2.05) is 4.68 Å². The third kappa shape index (κ3) is 1.53. The first-order valence-electron chi connectivity index (χ1n) is 5.45. The molecule has 4 nitrogen and oxygen atoms in total. The minimum absolute atomic E-state index is 0.371. The van der Waals surface area contributed by atoms with Gasteiger partial charge in [0.05, 0.1) is 6.04 Å². The highest BCUT2D eigenvalue weighted by atomic mass is 35.5. The van der Waals surface area contributed by atoms with E-state index in [0.717, 1.165) is 18.7 Å². The molecule has 3 rings (SSSR count). The van der Waals surface area contributed by atoms with E-state index in [0.29, 0.717) is 22.8 Å². The van der Waals surface area contributed by atoms with Gasteiger partial charge in [-0.05, 0) is 43.5 Å². The summed E-state index contributed by atoms with van der Waals surface area (Å²) >= 11 is 5.74. The van der Waals surface area contributed by atoms with E-state index < -0.39 is 0 Å². The van der Waals surface area contributed by atoms with Crippen LogP contribution in [0.1, 0.15) is 31.6 Å². The smallest absolute Gasteiger partial charge is 0.217 e. The number of hydrogen-bond acceptors (Lipinski definition) is 3. The summed E-state index contributed by atoms with van der Waals surface area (Å²) in [5, 5.41) is 4.84. The highest BCUT2D eigenvalue weighted by Gasteiger charge is 2.21. The fraction of sp³-hybridized carbons (Fsp3) is 0.455. The minimum Gasteiger partial charge on any atom is -0.441 e. The Kier molecular flexibility index (Phi) is 2.24. The van der Waals surface area contributed by atoms with Gasteiger partial charge in [0.2, 0.25) is 5.82 Å². The zero-order valence-corrected chi connectivity index (χ0v) is 9.74. The topological polar surface area (TPSA) is 43.9 Å². The Bertz CT molecular complexity index is 517. The molecule has 0 aromatic carbocycles. The second kappa shape index (κ2) is 3.63. The molecule has 1 aliphatic rings. The van der Waals surface area contributed by atoms with Crippen LogP contribution in [0.2, 0.25) is 5.22 Å². The third-order valence-electron chi connectivity index (χ3n) is 2.94. The summed E-state index contributed by atoms with van der Waals surface area (Å²) in [6, 6.07) is 3.93. The Morgan fingerprint density at radius 3 is 3.06 bits per heavy atom. The standard InChI is InChI=1S/C11H12ClN3O/c1-7-3-2-4-10-13-11(14-15(7)10)8-5-6-9(12)16-8/h5-7H,2-4H2,1H3. The molecule has 0 amide bonds. The quantitative estimate of drug-likeness (QED) is 0.766. The minimum atomic E-state index is 0.371. The number of aryl methyl sites for hydroxylation is 1. The van der Waals surface area contributed by atoms with Gasteiger partial charge in [-0.2, -0.15) is 0 Å². The summed E-state index contributed by atoms with van der Waals surface area (Å²) in [5.41, 5.74) is 0. The van der Waals surface area contributed by atoms with Gasteiger partial charge in [-0.15, -0.1) is 5.10 Å². The third-order valence-corrected chi connectivity index (χ3v) is 3.14. The van der Waals surface area contributed by atoms with Crippen molar-refractivity contribution in [3.05, 3.63) is 23.2 Å². The van der Waals surface area contributed by atoms with Crippen molar-refractivity contribution in [2.45, 2.75) is 32.2 Å². The van der Waals surface area contributed by atoms with Crippen molar-refractivity contribution in [1.29, 1.82) is 0 Å². The van der Waals surface area contributed by atoms with Crippen LogP contribution in [0.15, 0.2) is 16.5 Å². The lowest BCUT2D eigenvalue weighted by Crippen LogP contribution is -2.16. The van der Waals surface area contributed by atoms with Gasteiger partial charge in [0.15, 0.2) is 11.0 Å². The lowest BCUT2D eigenvalue weighted by atomic mass is 10.1. The van der Waals surface area contributed by atoms with Crippen molar-refractivity contribution >= 4 is 11.6 Å². The average molecular weight is 238 g/mol. The van der Waals surface area contributed by atoms with E-state index in [4.69, 9.17) is 16.0 Å². The molecule has 1 aliphatic heterocycles. The first-order valence-corrected chi connectivity index (χ1v) is 5.83. The van der Waals surface area contributed by atoms with Gasteiger partial charge >= 0.3 is 0 Å². The first-order chi connectivity index (χ1) is 7.74. The largest absolute Gasteiger partial charge is 0.441 e. The number of nitrogens with zero attached hydrogens (tertiary/aromatic N) is 3. The van der Waals surface area contributed by atoms with Crippen LogP contribution in [0.25, 0.3) is 11.6 Å². The first kappa shape index (κ1) is 9.90. The highest BCUT2D eigenvalue weighted by molar-refractivity contribution is 6.28. The van der Waals surface area contributed by atoms with Crippen molar-refractivity contribution in [2.24, 2.45) is 0 Å². The maximum Gasteiger partial charge on any atom is 0.217 e. The van der Waals surface area contributed by atoms with E-state index in [9.17, 15) is 0 Å². The normalized spacial score (nSPS) is 19.8. The predicted octanol–water partition coefficient (Wildman–Crippen LogP) is 3.09. The number of aromatic nitrogens is 3. The molecule has 0 N–H and O–H groups in total. The fourth-order valence-corrected chi connectivity index (χ4v) is 2.24. The molecule has 0 aliphatic carbocycles. The molecule has 0 saturated carbocycles. The molecule has 1 unspecified atom stereocenters. The Labute approximate surface area is 98.2 Å². The second-order valence-corrected chi connectivity index (χ2v) is 4.51. The molecule has 0 bridgehead atoms. The van der Waals surface area contributed by atoms with Crippen molar-refractivity contribution in [3.63, 3.8) is 0 Å². The molecule has 84 valence electrons.